The van der Waals surface area contributed by atoms with Crippen molar-refractivity contribution >= 4 is 21.2 Å². The molecule has 0 nitrogen and oxygen atoms in total. The molecule has 120 valence electrons. The first kappa shape index (κ1) is 17.5. The Morgan fingerprint density at radius 2 is 1.24 bits per heavy atom. The third kappa shape index (κ3) is 5.05. The molecule has 0 fully saturated rings. The summed E-state index contributed by atoms with van der Waals surface area (Å²) in [7, 11) is 0.405. The summed E-state index contributed by atoms with van der Waals surface area (Å²) in [5, 5.41) is 1.31. The lowest BCUT2D eigenvalue weighted by molar-refractivity contribution is 1.38. The van der Waals surface area contributed by atoms with Crippen molar-refractivity contribution in [3.05, 3.63) is 94.8 Å². The van der Waals surface area contributed by atoms with Crippen LogP contribution in [0.15, 0.2) is 72.5 Å². The molecule has 0 bridgehead atoms. The molecule has 0 N–H and O–H groups in total. The second kappa shape index (κ2) is 8.65. The largest absolute Gasteiger partial charge is 0.0865 e. The van der Waals surface area contributed by atoms with Gasteiger partial charge in [0.25, 0.3) is 0 Å². The SMILES string of the molecule is Cc1cpc(P(C#Cc2ccccc2)C#Cc2ccccc2)cc1C. The molecule has 3 aromatic rings. The molecule has 1 aromatic heterocycles. The van der Waals surface area contributed by atoms with E-state index in [4.69, 9.17) is 0 Å². The van der Waals surface area contributed by atoms with E-state index in [0.717, 1.165) is 11.1 Å². The summed E-state index contributed by atoms with van der Waals surface area (Å²) < 4.78 is 0. The Labute approximate surface area is 153 Å². The number of hydrogen-bond donors (Lipinski definition) is 0. The topological polar surface area (TPSA) is 0 Å². The van der Waals surface area contributed by atoms with Crippen LogP contribution in [0.2, 0.25) is 0 Å². The maximum absolute atomic E-state index is 3.43. The fourth-order valence-electron chi connectivity index (χ4n) is 2.16. The predicted molar refractivity (Wildman–Crippen MR) is 112 cm³/mol. The fraction of sp³-hybridized carbons (Fsp3) is 0.0870. The van der Waals surface area contributed by atoms with Gasteiger partial charge in [0, 0.05) is 16.2 Å². The normalized spacial score (nSPS) is 10.0. The highest BCUT2D eigenvalue weighted by Gasteiger charge is 2.07. The average molecular weight is 356 g/mol. The lowest BCUT2D eigenvalue weighted by atomic mass is 10.2. The molecule has 0 unspecified atom stereocenters. The molecule has 3 rings (SSSR count). The molecule has 1 heterocycles. The zero-order chi connectivity index (χ0) is 17.5. The molecule has 2 aromatic carbocycles. The van der Waals surface area contributed by atoms with E-state index in [2.05, 4.69) is 48.9 Å². The van der Waals surface area contributed by atoms with E-state index in [9.17, 15) is 0 Å². The fourth-order valence-corrected chi connectivity index (χ4v) is 4.98. The smallest absolute Gasteiger partial charge is 0.0657 e. The monoisotopic (exact) mass is 356 g/mol. The van der Waals surface area contributed by atoms with E-state index in [0.29, 0.717) is 0 Å². The van der Waals surface area contributed by atoms with Crippen molar-refractivity contribution in [1.82, 2.24) is 0 Å². The minimum atomic E-state index is -0.811. The van der Waals surface area contributed by atoms with Gasteiger partial charge in [-0.25, -0.2) is 0 Å². The Bertz CT molecular complexity index is 911. The number of rotatable bonds is 1. The van der Waals surface area contributed by atoms with Gasteiger partial charge in [-0.3, -0.25) is 0 Å². The van der Waals surface area contributed by atoms with Crippen LogP contribution < -0.4 is 5.04 Å². The molecule has 0 aliphatic heterocycles. The summed E-state index contributed by atoms with van der Waals surface area (Å²) in [6, 6.07) is 22.5. The molecule has 2 heteroatoms. The molecule has 0 amide bonds. The Kier molecular flexibility index (Phi) is 6.04. The third-order valence-corrected chi connectivity index (χ3v) is 6.87. The van der Waals surface area contributed by atoms with Gasteiger partial charge in [-0.05, 0) is 61.1 Å². The Morgan fingerprint density at radius 3 is 1.72 bits per heavy atom. The summed E-state index contributed by atoms with van der Waals surface area (Å²) in [5.41, 5.74) is 11.6. The van der Waals surface area contributed by atoms with Crippen LogP contribution in [0.4, 0.5) is 0 Å². The van der Waals surface area contributed by atoms with Gasteiger partial charge in [0.05, 0.1) is 7.92 Å². The predicted octanol–water partition coefficient (Wildman–Crippen LogP) is 6.01. The van der Waals surface area contributed by atoms with Gasteiger partial charge in [0.15, 0.2) is 0 Å². The van der Waals surface area contributed by atoms with Gasteiger partial charge in [-0.1, -0.05) is 67.8 Å². The Morgan fingerprint density at radius 1 is 0.720 bits per heavy atom. The molecule has 0 saturated heterocycles. The van der Waals surface area contributed by atoms with Crippen molar-refractivity contribution in [3.8, 4) is 23.2 Å². The molecular formula is C23H18P2. The highest BCUT2D eigenvalue weighted by atomic mass is 31.1. The minimum Gasteiger partial charge on any atom is -0.0657 e. The van der Waals surface area contributed by atoms with Crippen molar-refractivity contribution in [3.63, 3.8) is 0 Å². The van der Waals surface area contributed by atoms with E-state index < -0.39 is 7.92 Å². The number of hydrogen-bond acceptors (Lipinski definition) is 0. The standard InChI is InChI=1S/C23H18P2/c1-19-17-23(24-18-20(19)2)25(15-13-21-9-5-3-6-10-21)16-14-22-11-7-4-8-12-22/h3-12,17-18H,1-2H3. The average Bonchev–Trinajstić information content (AvgIpc) is 2.66. The second-order valence-corrected chi connectivity index (χ2v) is 8.62. The molecule has 0 radical (unpaired) electrons. The van der Waals surface area contributed by atoms with E-state index >= 15 is 0 Å². The highest BCUT2D eigenvalue weighted by Crippen LogP contribution is 2.36. The first-order valence-electron chi connectivity index (χ1n) is 8.09. The van der Waals surface area contributed by atoms with Crippen LogP contribution in [0.3, 0.4) is 0 Å². The van der Waals surface area contributed by atoms with Crippen LogP contribution in [-0.4, -0.2) is 0 Å². The lowest BCUT2D eigenvalue weighted by Gasteiger charge is -2.06. The molecule has 25 heavy (non-hydrogen) atoms. The number of aryl methyl sites for hydroxylation is 2. The van der Waals surface area contributed by atoms with E-state index in [1.165, 1.54) is 24.4 Å². The van der Waals surface area contributed by atoms with Crippen LogP contribution in [0, 0.1) is 37.0 Å². The summed E-state index contributed by atoms with van der Waals surface area (Å²) in [6.45, 7) is 4.31. The molecular weight excluding hydrogens is 338 g/mol. The Hall–Kier alpha value is -2.36. The van der Waals surface area contributed by atoms with Gasteiger partial charge >= 0.3 is 0 Å². The van der Waals surface area contributed by atoms with Crippen molar-refractivity contribution in [2.45, 2.75) is 13.8 Å². The molecule has 0 aliphatic rings. The molecule has 0 saturated carbocycles. The summed E-state index contributed by atoms with van der Waals surface area (Å²) in [6.07, 6.45) is 0. The lowest BCUT2D eigenvalue weighted by Crippen LogP contribution is -1.95. The van der Waals surface area contributed by atoms with Crippen LogP contribution in [-0.2, 0) is 0 Å². The van der Waals surface area contributed by atoms with Gasteiger partial charge in [-0.15, -0.1) is 0 Å². The van der Waals surface area contributed by atoms with Crippen LogP contribution in [0.5, 0.6) is 0 Å². The van der Waals surface area contributed by atoms with Gasteiger partial charge in [-0.2, -0.15) is 0 Å². The van der Waals surface area contributed by atoms with Crippen molar-refractivity contribution < 1.29 is 0 Å². The van der Waals surface area contributed by atoms with Gasteiger partial charge in [0.2, 0.25) is 0 Å². The van der Waals surface area contributed by atoms with Crippen molar-refractivity contribution in [2.24, 2.45) is 0 Å². The zero-order valence-electron chi connectivity index (χ0n) is 14.3. The second-order valence-electron chi connectivity index (χ2n) is 5.67. The maximum atomic E-state index is 3.43. The van der Waals surface area contributed by atoms with E-state index in [1.807, 2.05) is 60.7 Å². The van der Waals surface area contributed by atoms with Crippen molar-refractivity contribution in [1.29, 1.82) is 0 Å². The molecule has 0 atom stereocenters. The highest BCUT2D eigenvalue weighted by molar-refractivity contribution is 7.81. The van der Waals surface area contributed by atoms with Crippen LogP contribution >= 0.6 is 16.1 Å². The van der Waals surface area contributed by atoms with Gasteiger partial charge < -0.3 is 0 Å². The first-order chi connectivity index (χ1) is 12.2. The van der Waals surface area contributed by atoms with Crippen LogP contribution in [0.1, 0.15) is 22.3 Å². The quantitative estimate of drug-likeness (QED) is 0.370. The van der Waals surface area contributed by atoms with Crippen molar-refractivity contribution in [2.75, 3.05) is 0 Å². The third-order valence-electron chi connectivity index (χ3n) is 3.76. The summed E-state index contributed by atoms with van der Waals surface area (Å²) in [5.74, 6) is 8.87. The molecule has 0 aliphatic carbocycles. The van der Waals surface area contributed by atoms with Gasteiger partial charge in [0.1, 0.15) is 0 Å². The first-order valence-corrected chi connectivity index (χ1v) is 10.4. The maximum Gasteiger partial charge on any atom is 0.0865 e. The van der Waals surface area contributed by atoms with E-state index in [-0.39, 0.29) is 0 Å². The summed E-state index contributed by atoms with van der Waals surface area (Å²) >= 11 is 0. The Balaban J connectivity index is 1.98. The molecule has 0 spiro atoms. The van der Waals surface area contributed by atoms with E-state index in [1.54, 1.807) is 0 Å². The summed E-state index contributed by atoms with van der Waals surface area (Å²) in [4.78, 5) is 0. The zero-order valence-corrected chi connectivity index (χ0v) is 16.1. The number of benzene rings is 2. The van der Waals surface area contributed by atoms with Crippen LogP contribution in [0.25, 0.3) is 0 Å². The minimum absolute atomic E-state index is 0.811.